The number of halogens is 1. The summed E-state index contributed by atoms with van der Waals surface area (Å²) in [5, 5.41) is 13.8. The molecular weight excluding hydrogens is 379 g/mol. The minimum Gasteiger partial charge on any atom is -0.311 e. The molecule has 0 amide bonds. The van der Waals surface area contributed by atoms with Gasteiger partial charge in [0.05, 0.1) is 23.6 Å². The number of hydrogen-bond donors (Lipinski definition) is 1. The van der Waals surface area contributed by atoms with E-state index in [0.29, 0.717) is 11.6 Å². The van der Waals surface area contributed by atoms with Crippen LogP contribution in [0.5, 0.6) is 0 Å². The Balaban J connectivity index is 1.40. The van der Waals surface area contributed by atoms with Crippen LogP contribution in [0.15, 0.2) is 30.6 Å². The number of fused-ring (bicyclic) bond motifs is 2. The lowest BCUT2D eigenvalue weighted by Crippen LogP contribution is -2.55. The third-order valence-electron chi connectivity index (χ3n) is 6.89. The van der Waals surface area contributed by atoms with Crippen LogP contribution >= 0.6 is 0 Å². The fourth-order valence-corrected chi connectivity index (χ4v) is 5.17. The van der Waals surface area contributed by atoms with Crippen LogP contribution in [0.2, 0.25) is 0 Å². The second-order valence-electron chi connectivity index (χ2n) is 9.08. The summed E-state index contributed by atoms with van der Waals surface area (Å²) >= 11 is 0. The Hall–Kier alpha value is -2.80. The minimum atomic E-state index is -0.296. The molecule has 1 N–H and O–H groups in total. The summed E-state index contributed by atoms with van der Waals surface area (Å²) in [6, 6.07) is 5.85. The van der Waals surface area contributed by atoms with E-state index in [2.05, 4.69) is 20.5 Å². The van der Waals surface area contributed by atoms with Crippen LogP contribution in [-0.2, 0) is 0 Å². The van der Waals surface area contributed by atoms with Crippen molar-refractivity contribution in [3.8, 4) is 11.3 Å². The zero-order chi connectivity index (χ0) is 20.5. The standard InChI is InChI=1S/C23H25FN6/c1-14-8-20(27-30-12-15(2)26-22(14)30)16-9-17-13-29(28-21(17)19(24)10-16)18-4-7-25-23(11-18)5-3-6-23/h8-10,12-13,18,25H,3-7,11H2,1-2H3/t18-/m0/s1. The van der Waals surface area contributed by atoms with Gasteiger partial charge in [-0.25, -0.2) is 13.9 Å². The molecule has 4 aromatic rings. The van der Waals surface area contributed by atoms with Gasteiger partial charge in [-0.2, -0.15) is 10.2 Å². The van der Waals surface area contributed by atoms with Crippen LogP contribution in [0.1, 0.15) is 49.4 Å². The Morgan fingerprint density at radius 2 is 2.00 bits per heavy atom. The minimum absolute atomic E-state index is 0.282. The lowest BCUT2D eigenvalue weighted by atomic mass is 9.70. The Morgan fingerprint density at radius 3 is 2.80 bits per heavy atom. The number of nitrogens with zero attached hydrogens (tertiary/aromatic N) is 5. The van der Waals surface area contributed by atoms with Crippen molar-refractivity contribution in [2.75, 3.05) is 6.54 Å². The SMILES string of the molecule is Cc1cn2nc(-c3cc(F)c4nn([C@H]5CCNC6(CCC6)C5)cc4c3)cc(C)c2n1. The second kappa shape index (κ2) is 6.35. The van der Waals surface area contributed by atoms with Crippen LogP contribution in [-0.4, -0.2) is 36.5 Å². The van der Waals surface area contributed by atoms with Crippen LogP contribution in [0, 0.1) is 19.7 Å². The number of aromatic nitrogens is 5. The summed E-state index contributed by atoms with van der Waals surface area (Å²) in [6.07, 6.45) is 9.79. The number of imidazole rings is 1. The van der Waals surface area contributed by atoms with E-state index in [9.17, 15) is 0 Å². The summed E-state index contributed by atoms with van der Waals surface area (Å²) in [6.45, 7) is 4.96. The van der Waals surface area contributed by atoms with Gasteiger partial charge in [-0.3, -0.25) is 4.68 Å². The highest BCUT2D eigenvalue weighted by molar-refractivity contribution is 5.84. The number of piperidine rings is 1. The van der Waals surface area contributed by atoms with E-state index in [4.69, 9.17) is 0 Å². The highest BCUT2D eigenvalue weighted by Gasteiger charge is 2.41. The molecule has 1 saturated heterocycles. The lowest BCUT2D eigenvalue weighted by Gasteiger charge is -2.48. The summed E-state index contributed by atoms with van der Waals surface area (Å²) in [5.74, 6) is -0.296. The van der Waals surface area contributed by atoms with Gasteiger partial charge in [-0.1, -0.05) is 0 Å². The van der Waals surface area contributed by atoms with Crippen molar-refractivity contribution in [1.82, 2.24) is 29.7 Å². The number of aryl methyl sites for hydroxylation is 2. The Kier molecular flexibility index (Phi) is 3.81. The fourth-order valence-electron chi connectivity index (χ4n) is 5.17. The van der Waals surface area contributed by atoms with Crippen molar-refractivity contribution >= 4 is 16.6 Å². The van der Waals surface area contributed by atoms with Gasteiger partial charge in [-0.05, 0) is 76.3 Å². The topological polar surface area (TPSA) is 60.0 Å². The second-order valence-corrected chi connectivity index (χ2v) is 9.08. The van der Waals surface area contributed by atoms with Gasteiger partial charge in [0.2, 0.25) is 0 Å². The van der Waals surface area contributed by atoms with Gasteiger partial charge < -0.3 is 5.32 Å². The summed E-state index contributed by atoms with van der Waals surface area (Å²) < 4.78 is 18.8. The first-order chi connectivity index (χ1) is 14.5. The first kappa shape index (κ1) is 18.0. The normalized spacial score (nSPS) is 20.8. The molecule has 0 bridgehead atoms. The number of hydrogen-bond acceptors (Lipinski definition) is 4. The molecule has 0 unspecified atom stereocenters. The molecule has 7 heteroatoms. The van der Waals surface area contributed by atoms with Crippen LogP contribution in [0.3, 0.4) is 0 Å². The third kappa shape index (κ3) is 2.75. The van der Waals surface area contributed by atoms with Gasteiger partial charge in [0.15, 0.2) is 11.5 Å². The molecule has 1 aliphatic carbocycles. The molecule has 0 radical (unpaired) electrons. The Morgan fingerprint density at radius 1 is 1.13 bits per heavy atom. The van der Waals surface area contributed by atoms with E-state index in [1.54, 1.807) is 10.6 Å². The molecule has 4 heterocycles. The van der Waals surface area contributed by atoms with Gasteiger partial charge in [0.25, 0.3) is 0 Å². The van der Waals surface area contributed by atoms with Gasteiger partial charge in [0.1, 0.15) is 5.52 Å². The lowest BCUT2D eigenvalue weighted by molar-refractivity contribution is 0.105. The highest BCUT2D eigenvalue weighted by atomic mass is 19.1. The van der Waals surface area contributed by atoms with Crippen molar-refractivity contribution in [1.29, 1.82) is 0 Å². The molecular formula is C23H25FN6. The average molecular weight is 404 g/mol. The number of rotatable bonds is 2. The molecule has 3 aromatic heterocycles. The molecule has 6 rings (SSSR count). The number of nitrogens with one attached hydrogen (secondary N) is 1. The van der Waals surface area contributed by atoms with E-state index in [1.807, 2.05) is 43.1 Å². The zero-order valence-electron chi connectivity index (χ0n) is 17.3. The number of benzene rings is 1. The molecule has 6 nitrogen and oxygen atoms in total. The van der Waals surface area contributed by atoms with Crippen molar-refractivity contribution in [3.63, 3.8) is 0 Å². The van der Waals surface area contributed by atoms with Gasteiger partial charge in [-0.15, -0.1) is 0 Å². The molecule has 30 heavy (non-hydrogen) atoms. The van der Waals surface area contributed by atoms with E-state index < -0.39 is 0 Å². The van der Waals surface area contributed by atoms with Crippen molar-refractivity contribution in [2.45, 2.75) is 57.5 Å². The van der Waals surface area contributed by atoms with Gasteiger partial charge >= 0.3 is 0 Å². The molecule has 1 saturated carbocycles. The predicted molar refractivity (Wildman–Crippen MR) is 114 cm³/mol. The summed E-state index contributed by atoms with van der Waals surface area (Å²) in [7, 11) is 0. The van der Waals surface area contributed by atoms with Gasteiger partial charge in [0, 0.05) is 22.7 Å². The molecule has 1 aromatic carbocycles. The molecule has 2 fully saturated rings. The molecule has 1 aliphatic heterocycles. The predicted octanol–water partition coefficient (Wildman–Crippen LogP) is 4.35. The fraction of sp³-hybridized carbons (Fsp3) is 0.435. The Labute approximate surface area is 174 Å². The van der Waals surface area contributed by atoms with Crippen LogP contribution < -0.4 is 5.32 Å². The average Bonchev–Trinajstić information content (AvgIpc) is 3.30. The molecule has 154 valence electrons. The van der Waals surface area contributed by atoms with E-state index in [1.165, 1.54) is 19.3 Å². The maximum absolute atomic E-state index is 15.0. The molecule has 2 aliphatic rings. The largest absolute Gasteiger partial charge is 0.311 e. The van der Waals surface area contributed by atoms with Crippen molar-refractivity contribution < 1.29 is 4.39 Å². The first-order valence-corrected chi connectivity index (χ1v) is 10.8. The van der Waals surface area contributed by atoms with E-state index >= 15 is 4.39 Å². The first-order valence-electron chi connectivity index (χ1n) is 10.8. The Bertz CT molecular complexity index is 1280. The highest BCUT2D eigenvalue weighted by Crippen LogP contribution is 2.42. The maximum Gasteiger partial charge on any atom is 0.156 e. The van der Waals surface area contributed by atoms with E-state index in [-0.39, 0.29) is 11.4 Å². The van der Waals surface area contributed by atoms with E-state index in [0.717, 1.165) is 52.9 Å². The van der Waals surface area contributed by atoms with Crippen molar-refractivity contribution in [2.24, 2.45) is 0 Å². The summed E-state index contributed by atoms with van der Waals surface area (Å²) in [5.41, 5.74) is 4.99. The van der Waals surface area contributed by atoms with Crippen LogP contribution in [0.25, 0.3) is 27.8 Å². The molecule has 1 spiro atoms. The quantitative estimate of drug-likeness (QED) is 0.540. The third-order valence-corrected chi connectivity index (χ3v) is 6.89. The van der Waals surface area contributed by atoms with Crippen molar-refractivity contribution in [3.05, 3.63) is 47.7 Å². The smallest absolute Gasteiger partial charge is 0.156 e. The maximum atomic E-state index is 15.0. The zero-order valence-corrected chi connectivity index (χ0v) is 17.3. The monoisotopic (exact) mass is 404 g/mol. The van der Waals surface area contributed by atoms with Crippen LogP contribution in [0.4, 0.5) is 4.39 Å². The molecule has 1 atom stereocenters. The summed E-state index contributed by atoms with van der Waals surface area (Å²) in [4.78, 5) is 4.50.